The lowest BCUT2D eigenvalue weighted by Gasteiger charge is -2.21. The fraction of sp³-hybridized carbons (Fsp3) is 0.533. The van der Waals surface area contributed by atoms with Gasteiger partial charge in [-0.15, -0.1) is 0 Å². The standard InChI is InChI=1S/C15H24N2O2/c1-5-12(10-14(16)17-18)19-13-8-6-11(7-9-13)15(2,3)4/h6-9,12,18H,5,10H2,1-4H3,(H2,16,17). The molecule has 1 aromatic rings. The van der Waals surface area contributed by atoms with Gasteiger partial charge in [0.2, 0.25) is 0 Å². The molecular weight excluding hydrogens is 240 g/mol. The Bertz CT molecular complexity index is 419. The highest BCUT2D eigenvalue weighted by molar-refractivity contribution is 5.80. The third-order valence-corrected chi connectivity index (χ3v) is 3.04. The topological polar surface area (TPSA) is 67.8 Å². The molecule has 0 fully saturated rings. The maximum absolute atomic E-state index is 8.58. The van der Waals surface area contributed by atoms with Crippen molar-refractivity contribution in [3.05, 3.63) is 29.8 Å². The predicted molar refractivity (Wildman–Crippen MR) is 77.9 cm³/mol. The molecular formula is C15H24N2O2. The number of nitrogens with zero attached hydrogens (tertiary/aromatic N) is 1. The summed E-state index contributed by atoms with van der Waals surface area (Å²) >= 11 is 0. The maximum Gasteiger partial charge on any atom is 0.142 e. The first kappa shape index (κ1) is 15.3. The van der Waals surface area contributed by atoms with Crippen molar-refractivity contribution in [2.24, 2.45) is 10.9 Å². The van der Waals surface area contributed by atoms with Crippen molar-refractivity contribution in [1.82, 2.24) is 0 Å². The van der Waals surface area contributed by atoms with Crippen LogP contribution in [0.15, 0.2) is 29.4 Å². The van der Waals surface area contributed by atoms with Gasteiger partial charge in [0.05, 0.1) is 0 Å². The Hall–Kier alpha value is -1.71. The lowest BCUT2D eigenvalue weighted by molar-refractivity contribution is 0.202. The van der Waals surface area contributed by atoms with E-state index in [1.54, 1.807) is 0 Å². The predicted octanol–water partition coefficient (Wildman–Crippen LogP) is 3.28. The van der Waals surface area contributed by atoms with Crippen LogP contribution in [0.5, 0.6) is 5.75 Å². The summed E-state index contributed by atoms with van der Waals surface area (Å²) in [6.07, 6.45) is 1.15. The van der Waals surface area contributed by atoms with E-state index in [0.29, 0.717) is 6.42 Å². The van der Waals surface area contributed by atoms with Gasteiger partial charge in [0.15, 0.2) is 0 Å². The Labute approximate surface area is 115 Å². The van der Waals surface area contributed by atoms with E-state index >= 15 is 0 Å². The van der Waals surface area contributed by atoms with Crippen molar-refractivity contribution >= 4 is 5.84 Å². The lowest BCUT2D eigenvalue weighted by Crippen LogP contribution is -2.24. The fourth-order valence-corrected chi connectivity index (χ4v) is 1.77. The van der Waals surface area contributed by atoms with Gasteiger partial charge in [0.1, 0.15) is 17.7 Å². The summed E-state index contributed by atoms with van der Waals surface area (Å²) in [6.45, 7) is 8.54. The van der Waals surface area contributed by atoms with Crippen LogP contribution in [0.1, 0.15) is 46.1 Å². The fourth-order valence-electron chi connectivity index (χ4n) is 1.77. The molecule has 0 amide bonds. The molecule has 1 aromatic carbocycles. The van der Waals surface area contributed by atoms with E-state index in [9.17, 15) is 0 Å². The van der Waals surface area contributed by atoms with Gasteiger partial charge < -0.3 is 15.7 Å². The number of amidine groups is 1. The molecule has 1 unspecified atom stereocenters. The van der Waals surface area contributed by atoms with Crippen LogP contribution in [0.25, 0.3) is 0 Å². The van der Waals surface area contributed by atoms with Crippen LogP contribution >= 0.6 is 0 Å². The van der Waals surface area contributed by atoms with E-state index in [0.717, 1.165) is 12.2 Å². The van der Waals surface area contributed by atoms with Crippen LogP contribution in [0.3, 0.4) is 0 Å². The molecule has 0 bridgehead atoms. The molecule has 4 heteroatoms. The van der Waals surface area contributed by atoms with Gasteiger partial charge in [-0.05, 0) is 29.5 Å². The molecule has 0 heterocycles. The molecule has 0 saturated heterocycles. The summed E-state index contributed by atoms with van der Waals surface area (Å²) in [5.41, 5.74) is 6.91. The van der Waals surface area contributed by atoms with E-state index in [1.807, 2.05) is 19.1 Å². The average molecular weight is 264 g/mol. The quantitative estimate of drug-likeness (QED) is 0.371. The zero-order chi connectivity index (χ0) is 14.5. The Morgan fingerprint density at radius 1 is 1.32 bits per heavy atom. The van der Waals surface area contributed by atoms with Gasteiger partial charge in [-0.25, -0.2) is 0 Å². The van der Waals surface area contributed by atoms with Gasteiger partial charge in [-0.2, -0.15) is 0 Å². The lowest BCUT2D eigenvalue weighted by atomic mass is 9.87. The highest BCUT2D eigenvalue weighted by Crippen LogP contribution is 2.25. The number of hydrogen-bond donors (Lipinski definition) is 2. The smallest absolute Gasteiger partial charge is 0.142 e. The Kier molecular flexibility index (Phi) is 5.21. The van der Waals surface area contributed by atoms with E-state index in [4.69, 9.17) is 15.7 Å². The first-order chi connectivity index (χ1) is 8.86. The Morgan fingerprint density at radius 3 is 2.32 bits per heavy atom. The van der Waals surface area contributed by atoms with Crippen molar-refractivity contribution < 1.29 is 9.94 Å². The highest BCUT2D eigenvalue weighted by atomic mass is 16.5. The van der Waals surface area contributed by atoms with Crippen LogP contribution < -0.4 is 10.5 Å². The number of hydrogen-bond acceptors (Lipinski definition) is 3. The first-order valence-corrected chi connectivity index (χ1v) is 6.60. The Balaban J connectivity index is 2.71. The van der Waals surface area contributed by atoms with Crippen molar-refractivity contribution in [2.45, 2.75) is 52.1 Å². The molecule has 0 aliphatic carbocycles. The summed E-state index contributed by atoms with van der Waals surface area (Å²) in [5, 5.41) is 11.6. The molecule has 0 radical (unpaired) electrons. The third kappa shape index (κ3) is 4.81. The minimum Gasteiger partial charge on any atom is -0.490 e. The first-order valence-electron chi connectivity index (χ1n) is 6.60. The summed E-state index contributed by atoms with van der Waals surface area (Å²) < 4.78 is 5.83. The summed E-state index contributed by atoms with van der Waals surface area (Å²) in [4.78, 5) is 0. The molecule has 0 aliphatic rings. The van der Waals surface area contributed by atoms with Gasteiger partial charge in [0.25, 0.3) is 0 Å². The summed E-state index contributed by atoms with van der Waals surface area (Å²) in [6, 6.07) is 8.09. The van der Waals surface area contributed by atoms with E-state index in [2.05, 4.69) is 38.1 Å². The van der Waals surface area contributed by atoms with Crippen LogP contribution in [0.4, 0.5) is 0 Å². The number of ether oxygens (including phenoxy) is 1. The van der Waals surface area contributed by atoms with Gasteiger partial charge >= 0.3 is 0 Å². The Morgan fingerprint density at radius 2 is 1.89 bits per heavy atom. The maximum atomic E-state index is 8.58. The molecule has 0 saturated carbocycles. The number of nitrogens with two attached hydrogens (primary N) is 1. The van der Waals surface area contributed by atoms with Crippen molar-refractivity contribution in [1.29, 1.82) is 0 Å². The molecule has 4 nitrogen and oxygen atoms in total. The van der Waals surface area contributed by atoms with Crippen molar-refractivity contribution in [3.63, 3.8) is 0 Å². The molecule has 0 spiro atoms. The highest BCUT2D eigenvalue weighted by Gasteiger charge is 2.14. The summed E-state index contributed by atoms with van der Waals surface area (Å²) in [7, 11) is 0. The minimum atomic E-state index is -0.0728. The third-order valence-electron chi connectivity index (χ3n) is 3.04. The monoisotopic (exact) mass is 264 g/mol. The molecule has 0 aliphatic heterocycles. The van der Waals surface area contributed by atoms with Gasteiger partial charge in [0, 0.05) is 6.42 Å². The van der Waals surface area contributed by atoms with E-state index in [1.165, 1.54) is 5.56 Å². The second-order valence-electron chi connectivity index (χ2n) is 5.72. The second kappa shape index (κ2) is 6.45. The van der Waals surface area contributed by atoms with Crippen molar-refractivity contribution in [2.75, 3.05) is 0 Å². The van der Waals surface area contributed by atoms with E-state index in [-0.39, 0.29) is 17.4 Å². The normalized spacial score (nSPS) is 14.2. The van der Waals surface area contributed by atoms with Gasteiger partial charge in [-0.1, -0.05) is 45.0 Å². The minimum absolute atomic E-state index is 0.0728. The molecule has 0 aromatic heterocycles. The molecule has 3 N–H and O–H groups in total. The number of benzene rings is 1. The van der Waals surface area contributed by atoms with Crippen LogP contribution in [0, 0.1) is 0 Å². The van der Waals surface area contributed by atoms with Gasteiger partial charge in [-0.3, -0.25) is 0 Å². The van der Waals surface area contributed by atoms with E-state index < -0.39 is 0 Å². The van der Waals surface area contributed by atoms with Crippen molar-refractivity contribution in [3.8, 4) is 5.75 Å². The second-order valence-corrected chi connectivity index (χ2v) is 5.72. The molecule has 19 heavy (non-hydrogen) atoms. The average Bonchev–Trinajstić information content (AvgIpc) is 2.37. The largest absolute Gasteiger partial charge is 0.490 e. The zero-order valence-corrected chi connectivity index (χ0v) is 12.2. The summed E-state index contributed by atoms with van der Waals surface area (Å²) in [5.74, 6) is 1.00. The number of rotatable bonds is 5. The van der Waals surface area contributed by atoms with Crippen LogP contribution in [-0.4, -0.2) is 17.1 Å². The SMILES string of the molecule is CCC(C/C(N)=N/O)Oc1ccc(C(C)(C)C)cc1. The molecule has 1 atom stereocenters. The van der Waals surface area contributed by atoms with Crippen LogP contribution in [-0.2, 0) is 5.41 Å². The molecule has 106 valence electrons. The zero-order valence-electron chi connectivity index (χ0n) is 12.2. The molecule has 1 rings (SSSR count). The van der Waals surface area contributed by atoms with Crippen LogP contribution in [0.2, 0.25) is 0 Å². The number of oxime groups is 1.